The third kappa shape index (κ3) is 4.32. The Balaban J connectivity index is 3.38. The second-order valence-electron chi connectivity index (χ2n) is 7.95. The summed E-state index contributed by atoms with van der Waals surface area (Å²) in [5, 5.41) is 21.7. The van der Waals surface area contributed by atoms with Crippen LogP contribution in [0.3, 0.4) is 0 Å². The predicted octanol–water partition coefficient (Wildman–Crippen LogP) is 3.71. The van der Waals surface area contributed by atoms with E-state index in [1.807, 2.05) is 27.7 Å². The van der Waals surface area contributed by atoms with Gasteiger partial charge in [-0.1, -0.05) is 39.3 Å². The van der Waals surface area contributed by atoms with E-state index in [-0.39, 0.29) is 18.8 Å². The van der Waals surface area contributed by atoms with Crippen LogP contribution in [-0.4, -0.2) is 33.2 Å². The second kappa shape index (κ2) is 8.76. The van der Waals surface area contributed by atoms with Crippen molar-refractivity contribution in [3.05, 3.63) is 23.0 Å². The van der Waals surface area contributed by atoms with E-state index >= 15 is 0 Å². The molecular formula is C21H32O5. The minimum atomic E-state index is -2.31. The molecule has 0 fully saturated rings. The molecule has 26 heavy (non-hydrogen) atoms. The Bertz CT molecular complexity index is 637. The molecule has 1 rings (SSSR count). The normalized spacial score (nSPS) is 24.2. The first kappa shape index (κ1) is 22.3. The van der Waals surface area contributed by atoms with Crippen molar-refractivity contribution in [3.63, 3.8) is 0 Å². The zero-order chi connectivity index (χ0) is 20.2. The summed E-state index contributed by atoms with van der Waals surface area (Å²) in [6.07, 6.45) is 2.93. The van der Waals surface area contributed by atoms with Crippen LogP contribution in [0.5, 0.6) is 0 Å². The summed E-state index contributed by atoms with van der Waals surface area (Å²) in [7, 11) is 0. The highest BCUT2D eigenvalue weighted by atomic mass is 16.3. The molecule has 0 aromatic heterocycles. The Morgan fingerprint density at radius 1 is 1.23 bits per heavy atom. The highest BCUT2D eigenvalue weighted by Crippen LogP contribution is 2.42. The van der Waals surface area contributed by atoms with Crippen LogP contribution in [0.2, 0.25) is 0 Å². The number of Topliss-reactive ketones (excluding diaryl/α,β-unsaturated/α-hetero) is 3. The van der Waals surface area contributed by atoms with Crippen molar-refractivity contribution < 1.29 is 24.6 Å². The van der Waals surface area contributed by atoms with Gasteiger partial charge in [0.25, 0.3) is 0 Å². The fourth-order valence-electron chi connectivity index (χ4n) is 3.07. The van der Waals surface area contributed by atoms with Gasteiger partial charge in [0.2, 0.25) is 0 Å². The molecule has 1 unspecified atom stereocenters. The lowest BCUT2D eigenvalue weighted by Gasteiger charge is -2.28. The van der Waals surface area contributed by atoms with Crippen molar-refractivity contribution in [2.75, 3.05) is 0 Å². The summed E-state index contributed by atoms with van der Waals surface area (Å²) >= 11 is 0. The van der Waals surface area contributed by atoms with Crippen LogP contribution >= 0.6 is 0 Å². The molecule has 0 saturated heterocycles. The SMILES string of the molecule is CCC(C)C(=O)C1=C(O)[C@@](O)(C(=O)CCC(C)C)[C@H](CC=C(C)C)C1=O. The number of hydrogen-bond acceptors (Lipinski definition) is 5. The fourth-order valence-corrected chi connectivity index (χ4v) is 3.07. The van der Waals surface area contributed by atoms with Gasteiger partial charge in [-0.3, -0.25) is 14.4 Å². The zero-order valence-electron chi connectivity index (χ0n) is 16.8. The van der Waals surface area contributed by atoms with Gasteiger partial charge in [-0.2, -0.15) is 0 Å². The molecule has 0 saturated carbocycles. The molecule has 0 bridgehead atoms. The van der Waals surface area contributed by atoms with Crippen LogP contribution in [-0.2, 0) is 14.4 Å². The third-order valence-corrected chi connectivity index (χ3v) is 5.11. The van der Waals surface area contributed by atoms with Crippen LogP contribution in [0.1, 0.15) is 67.2 Å². The zero-order valence-corrected chi connectivity index (χ0v) is 16.8. The van der Waals surface area contributed by atoms with Gasteiger partial charge in [-0.05, 0) is 39.0 Å². The number of aliphatic hydroxyl groups is 2. The van der Waals surface area contributed by atoms with Gasteiger partial charge in [-0.15, -0.1) is 0 Å². The standard InChI is InChI=1S/C21H32O5/c1-7-14(6)18(23)17-19(24)15(10-8-12(2)3)21(26,20(17)25)16(22)11-9-13(4)5/h8,13-15,25-26H,7,9-11H2,1-6H3/t14?,15-,21+/m1/s1. The Labute approximate surface area is 156 Å². The first-order chi connectivity index (χ1) is 12.0. The van der Waals surface area contributed by atoms with Crippen molar-refractivity contribution in [1.82, 2.24) is 0 Å². The van der Waals surface area contributed by atoms with Crippen LogP contribution < -0.4 is 0 Å². The molecule has 0 amide bonds. The van der Waals surface area contributed by atoms with E-state index in [0.717, 1.165) is 5.57 Å². The average molecular weight is 364 g/mol. The number of hydrogen-bond donors (Lipinski definition) is 2. The number of allylic oxidation sites excluding steroid dienone is 3. The van der Waals surface area contributed by atoms with Gasteiger partial charge < -0.3 is 10.2 Å². The molecule has 0 aliphatic heterocycles. The van der Waals surface area contributed by atoms with E-state index in [1.54, 1.807) is 19.9 Å². The maximum Gasteiger partial charge on any atom is 0.191 e. The summed E-state index contributed by atoms with van der Waals surface area (Å²) in [5.41, 5.74) is -1.78. The molecule has 1 aliphatic rings. The van der Waals surface area contributed by atoms with Gasteiger partial charge >= 0.3 is 0 Å². The van der Waals surface area contributed by atoms with E-state index in [0.29, 0.717) is 12.8 Å². The van der Waals surface area contributed by atoms with Crippen molar-refractivity contribution >= 4 is 17.3 Å². The Kier molecular flexibility index (Phi) is 7.51. The molecule has 2 N–H and O–H groups in total. The maximum atomic E-state index is 12.9. The van der Waals surface area contributed by atoms with Crippen molar-refractivity contribution in [1.29, 1.82) is 0 Å². The quantitative estimate of drug-likeness (QED) is 0.481. The van der Waals surface area contributed by atoms with Crippen molar-refractivity contribution in [3.8, 4) is 0 Å². The summed E-state index contributed by atoms with van der Waals surface area (Å²) in [6, 6.07) is 0. The summed E-state index contributed by atoms with van der Waals surface area (Å²) in [4.78, 5) is 38.2. The van der Waals surface area contributed by atoms with E-state index in [4.69, 9.17) is 0 Å². The van der Waals surface area contributed by atoms with Gasteiger partial charge in [0.15, 0.2) is 23.0 Å². The summed E-state index contributed by atoms with van der Waals surface area (Å²) in [6.45, 7) is 11.1. The lowest BCUT2D eigenvalue weighted by atomic mass is 9.80. The van der Waals surface area contributed by atoms with E-state index in [1.165, 1.54) is 0 Å². The highest BCUT2D eigenvalue weighted by molar-refractivity contribution is 6.26. The molecule has 0 radical (unpaired) electrons. The lowest BCUT2D eigenvalue weighted by Crippen LogP contribution is -2.46. The molecule has 0 spiro atoms. The molecule has 3 atom stereocenters. The topological polar surface area (TPSA) is 91.7 Å². The number of aliphatic hydroxyl groups excluding tert-OH is 1. The molecule has 0 heterocycles. The fraction of sp³-hybridized carbons (Fsp3) is 0.667. The van der Waals surface area contributed by atoms with Crippen LogP contribution in [0.25, 0.3) is 0 Å². The average Bonchev–Trinajstić information content (AvgIpc) is 2.76. The first-order valence-corrected chi connectivity index (χ1v) is 9.39. The molecule has 5 heteroatoms. The second-order valence-corrected chi connectivity index (χ2v) is 7.95. The molecule has 5 nitrogen and oxygen atoms in total. The molecule has 1 aliphatic carbocycles. The molecular weight excluding hydrogens is 332 g/mol. The van der Waals surface area contributed by atoms with E-state index in [9.17, 15) is 24.6 Å². The lowest BCUT2D eigenvalue weighted by molar-refractivity contribution is -0.145. The minimum absolute atomic E-state index is 0.0433. The Morgan fingerprint density at radius 3 is 2.27 bits per heavy atom. The molecule has 0 aromatic carbocycles. The maximum absolute atomic E-state index is 12.9. The van der Waals surface area contributed by atoms with Crippen LogP contribution in [0.15, 0.2) is 23.0 Å². The van der Waals surface area contributed by atoms with Gasteiger partial charge in [-0.25, -0.2) is 0 Å². The van der Waals surface area contributed by atoms with Crippen LogP contribution in [0.4, 0.5) is 0 Å². The third-order valence-electron chi connectivity index (χ3n) is 5.11. The van der Waals surface area contributed by atoms with E-state index in [2.05, 4.69) is 0 Å². The van der Waals surface area contributed by atoms with Crippen molar-refractivity contribution in [2.45, 2.75) is 72.8 Å². The predicted molar refractivity (Wildman–Crippen MR) is 101 cm³/mol. The minimum Gasteiger partial charge on any atom is -0.508 e. The number of carbonyl (C=O) groups excluding carboxylic acids is 3. The monoisotopic (exact) mass is 364 g/mol. The van der Waals surface area contributed by atoms with Crippen LogP contribution in [0, 0.1) is 17.8 Å². The molecule has 0 aromatic rings. The number of rotatable bonds is 9. The van der Waals surface area contributed by atoms with Gasteiger partial charge in [0.1, 0.15) is 11.3 Å². The summed E-state index contributed by atoms with van der Waals surface area (Å²) < 4.78 is 0. The highest BCUT2D eigenvalue weighted by Gasteiger charge is 2.58. The first-order valence-electron chi connectivity index (χ1n) is 9.39. The smallest absolute Gasteiger partial charge is 0.191 e. The number of ketones is 3. The van der Waals surface area contributed by atoms with Gasteiger partial charge in [0.05, 0.1) is 5.92 Å². The van der Waals surface area contributed by atoms with E-state index < -0.39 is 46.1 Å². The largest absolute Gasteiger partial charge is 0.508 e. The molecule has 146 valence electrons. The number of carbonyl (C=O) groups is 3. The summed E-state index contributed by atoms with van der Waals surface area (Å²) in [5.74, 6) is -3.88. The Morgan fingerprint density at radius 2 is 1.81 bits per heavy atom. The van der Waals surface area contributed by atoms with Crippen molar-refractivity contribution in [2.24, 2.45) is 17.8 Å². The van der Waals surface area contributed by atoms with Gasteiger partial charge in [0, 0.05) is 12.3 Å². The Hall–Kier alpha value is -1.75.